The van der Waals surface area contributed by atoms with Crippen molar-refractivity contribution in [1.82, 2.24) is 30.2 Å². The first-order valence-corrected chi connectivity index (χ1v) is 12.3. The average Bonchev–Trinajstić information content (AvgIpc) is 3.48. The highest BCUT2D eigenvalue weighted by Crippen LogP contribution is 2.20. The number of hydrogen-bond donors (Lipinski definition) is 1. The van der Waals surface area contributed by atoms with Crippen LogP contribution >= 0.6 is 11.3 Å². The second kappa shape index (κ2) is 11.1. The molecule has 0 unspecified atom stereocenters. The maximum absolute atomic E-state index is 4.94. The molecular formula is C22H35N7OS. The highest BCUT2D eigenvalue weighted by molar-refractivity contribution is 7.09. The van der Waals surface area contributed by atoms with Crippen LogP contribution in [0, 0.1) is 5.92 Å². The van der Waals surface area contributed by atoms with Gasteiger partial charge in [-0.15, -0.1) is 11.3 Å². The molecule has 31 heavy (non-hydrogen) atoms. The van der Waals surface area contributed by atoms with Gasteiger partial charge in [-0.1, -0.05) is 12.1 Å². The number of nitrogens with one attached hydrogen (secondary N) is 1. The standard InChI is InChI=1S/C22H35N7OS/c1-3-21-25-20(17-31-21)16-27-7-4-18(5-8-27)14-24-22(23-2)29-11-9-28(10-12-29)15-19-6-13-30-26-19/h6,13,17-18H,3-5,7-12,14-16H2,1-2H3,(H,23,24). The first kappa shape index (κ1) is 22.2. The Labute approximate surface area is 189 Å². The Morgan fingerprint density at radius 3 is 2.52 bits per heavy atom. The third-order valence-electron chi connectivity index (χ3n) is 6.30. The lowest BCUT2D eigenvalue weighted by Crippen LogP contribution is -2.53. The summed E-state index contributed by atoms with van der Waals surface area (Å²) in [6.07, 6.45) is 5.15. The molecule has 2 aliphatic rings. The number of guanidine groups is 1. The second-order valence-corrected chi connectivity index (χ2v) is 9.43. The van der Waals surface area contributed by atoms with Crippen LogP contribution in [0.2, 0.25) is 0 Å². The van der Waals surface area contributed by atoms with Crippen LogP contribution in [0.5, 0.6) is 0 Å². The fourth-order valence-electron chi connectivity index (χ4n) is 4.40. The van der Waals surface area contributed by atoms with E-state index in [1.54, 1.807) is 17.6 Å². The lowest BCUT2D eigenvalue weighted by Gasteiger charge is -2.37. The van der Waals surface area contributed by atoms with Gasteiger partial charge >= 0.3 is 0 Å². The zero-order chi connectivity index (χ0) is 21.5. The topological polar surface area (TPSA) is 73.0 Å². The van der Waals surface area contributed by atoms with Gasteiger partial charge < -0.3 is 14.7 Å². The van der Waals surface area contributed by atoms with E-state index in [-0.39, 0.29) is 0 Å². The molecule has 0 radical (unpaired) electrons. The summed E-state index contributed by atoms with van der Waals surface area (Å²) in [5.74, 6) is 1.75. The van der Waals surface area contributed by atoms with Gasteiger partial charge in [0.15, 0.2) is 5.96 Å². The van der Waals surface area contributed by atoms with Crippen LogP contribution in [0.15, 0.2) is 27.2 Å². The van der Waals surface area contributed by atoms with Crippen molar-refractivity contribution in [3.8, 4) is 0 Å². The summed E-state index contributed by atoms with van der Waals surface area (Å²) in [4.78, 5) is 16.6. The van der Waals surface area contributed by atoms with Crippen molar-refractivity contribution in [3.63, 3.8) is 0 Å². The molecule has 0 atom stereocenters. The summed E-state index contributed by atoms with van der Waals surface area (Å²) < 4.78 is 4.94. The molecule has 0 saturated carbocycles. The van der Waals surface area contributed by atoms with E-state index < -0.39 is 0 Å². The van der Waals surface area contributed by atoms with Crippen molar-refractivity contribution in [3.05, 3.63) is 34.1 Å². The fraction of sp³-hybridized carbons (Fsp3) is 0.682. The molecule has 9 heteroatoms. The summed E-state index contributed by atoms with van der Waals surface area (Å²) >= 11 is 1.79. The molecule has 1 N–H and O–H groups in total. The summed E-state index contributed by atoms with van der Waals surface area (Å²) in [5.41, 5.74) is 2.24. The molecular weight excluding hydrogens is 410 g/mol. The number of piperidine rings is 1. The Hall–Kier alpha value is -1.97. The van der Waals surface area contributed by atoms with Crippen molar-refractivity contribution < 1.29 is 4.52 Å². The molecule has 2 saturated heterocycles. The van der Waals surface area contributed by atoms with E-state index >= 15 is 0 Å². The normalized spacial score (nSPS) is 19.8. The summed E-state index contributed by atoms with van der Waals surface area (Å²) in [7, 11) is 1.89. The van der Waals surface area contributed by atoms with Crippen LogP contribution in [0.3, 0.4) is 0 Å². The molecule has 2 aromatic rings. The van der Waals surface area contributed by atoms with Crippen LogP contribution in [-0.4, -0.2) is 83.7 Å². The van der Waals surface area contributed by atoms with Crippen LogP contribution in [-0.2, 0) is 19.5 Å². The lowest BCUT2D eigenvalue weighted by molar-refractivity contribution is 0.164. The predicted molar refractivity (Wildman–Crippen MR) is 124 cm³/mol. The Morgan fingerprint density at radius 2 is 1.87 bits per heavy atom. The van der Waals surface area contributed by atoms with Gasteiger partial charge in [0.1, 0.15) is 6.26 Å². The SMILES string of the molecule is CCc1nc(CN2CCC(CNC(=NC)N3CCN(Cc4ccon4)CC3)CC2)cs1. The largest absolute Gasteiger partial charge is 0.364 e. The number of nitrogens with zero attached hydrogens (tertiary/aromatic N) is 6. The minimum absolute atomic E-state index is 0.711. The van der Waals surface area contributed by atoms with Gasteiger partial charge in [0.2, 0.25) is 0 Å². The first-order valence-electron chi connectivity index (χ1n) is 11.5. The molecule has 2 aliphatic heterocycles. The summed E-state index contributed by atoms with van der Waals surface area (Å²) in [6, 6.07) is 1.94. The molecule has 4 rings (SSSR count). The quantitative estimate of drug-likeness (QED) is 0.518. The molecule has 0 aromatic carbocycles. The van der Waals surface area contributed by atoms with E-state index in [1.807, 2.05) is 13.1 Å². The Morgan fingerprint density at radius 1 is 1.13 bits per heavy atom. The Balaban J connectivity index is 1.15. The maximum Gasteiger partial charge on any atom is 0.193 e. The summed E-state index contributed by atoms with van der Waals surface area (Å²) in [6.45, 7) is 11.4. The van der Waals surface area contributed by atoms with E-state index in [9.17, 15) is 0 Å². The van der Waals surface area contributed by atoms with Crippen molar-refractivity contribution in [2.45, 2.75) is 39.3 Å². The molecule has 0 bridgehead atoms. The highest BCUT2D eigenvalue weighted by atomic mass is 32.1. The number of aryl methyl sites for hydroxylation is 1. The number of likely N-dealkylation sites (tertiary alicyclic amines) is 1. The number of piperazine rings is 1. The molecule has 0 spiro atoms. The second-order valence-electron chi connectivity index (χ2n) is 8.49. The first-order chi connectivity index (χ1) is 15.2. The maximum atomic E-state index is 4.94. The smallest absolute Gasteiger partial charge is 0.193 e. The van der Waals surface area contributed by atoms with Gasteiger partial charge in [0, 0.05) is 64.3 Å². The Kier molecular flexibility index (Phi) is 7.93. The molecule has 0 aliphatic carbocycles. The minimum Gasteiger partial charge on any atom is -0.364 e. The number of rotatable bonds is 7. The van der Waals surface area contributed by atoms with Gasteiger partial charge in [-0.25, -0.2) is 4.98 Å². The van der Waals surface area contributed by atoms with Crippen molar-refractivity contribution in [1.29, 1.82) is 0 Å². The van der Waals surface area contributed by atoms with Crippen LogP contribution in [0.1, 0.15) is 36.2 Å². The lowest BCUT2D eigenvalue weighted by atomic mass is 9.97. The molecule has 170 valence electrons. The zero-order valence-corrected chi connectivity index (χ0v) is 19.6. The van der Waals surface area contributed by atoms with Gasteiger partial charge in [0.25, 0.3) is 0 Å². The van der Waals surface area contributed by atoms with E-state index in [0.29, 0.717) is 5.92 Å². The van der Waals surface area contributed by atoms with Gasteiger partial charge in [-0.3, -0.25) is 14.8 Å². The number of aliphatic imine (C=N–C) groups is 1. The van der Waals surface area contributed by atoms with Crippen molar-refractivity contribution >= 4 is 17.3 Å². The third kappa shape index (κ3) is 6.27. The van der Waals surface area contributed by atoms with E-state index in [2.05, 4.69) is 42.5 Å². The van der Waals surface area contributed by atoms with E-state index in [4.69, 9.17) is 9.51 Å². The summed E-state index contributed by atoms with van der Waals surface area (Å²) in [5, 5.41) is 11.1. The minimum atomic E-state index is 0.711. The molecule has 2 aromatic heterocycles. The van der Waals surface area contributed by atoms with E-state index in [0.717, 1.165) is 77.0 Å². The number of aromatic nitrogens is 2. The predicted octanol–water partition coefficient (Wildman–Crippen LogP) is 2.30. The Bertz CT molecular complexity index is 806. The van der Waals surface area contributed by atoms with Gasteiger partial charge in [-0.05, 0) is 38.3 Å². The van der Waals surface area contributed by atoms with Gasteiger partial charge in [-0.2, -0.15) is 0 Å². The highest BCUT2D eigenvalue weighted by Gasteiger charge is 2.23. The molecule has 4 heterocycles. The third-order valence-corrected chi connectivity index (χ3v) is 7.35. The van der Waals surface area contributed by atoms with E-state index in [1.165, 1.54) is 23.5 Å². The van der Waals surface area contributed by atoms with Crippen molar-refractivity contribution in [2.75, 3.05) is 52.9 Å². The monoisotopic (exact) mass is 445 g/mol. The zero-order valence-electron chi connectivity index (χ0n) is 18.8. The van der Waals surface area contributed by atoms with Gasteiger partial charge in [0.05, 0.1) is 16.4 Å². The van der Waals surface area contributed by atoms with Crippen LogP contribution < -0.4 is 5.32 Å². The molecule has 0 amide bonds. The van der Waals surface area contributed by atoms with Crippen LogP contribution in [0.25, 0.3) is 0 Å². The average molecular weight is 446 g/mol. The number of thiazole rings is 1. The molecule has 8 nitrogen and oxygen atoms in total. The van der Waals surface area contributed by atoms with Crippen molar-refractivity contribution in [2.24, 2.45) is 10.9 Å². The number of hydrogen-bond acceptors (Lipinski definition) is 7. The van der Waals surface area contributed by atoms with Crippen LogP contribution in [0.4, 0.5) is 0 Å². The fourth-order valence-corrected chi connectivity index (χ4v) is 5.13. The molecule has 2 fully saturated rings.